The van der Waals surface area contributed by atoms with Gasteiger partial charge in [-0.05, 0) is 24.7 Å². The molecule has 0 spiro atoms. The van der Waals surface area contributed by atoms with E-state index in [1.807, 2.05) is 0 Å². The van der Waals surface area contributed by atoms with Gasteiger partial charge in [-0.1, -0.05) is 0 Å². The molecule has 6 nitrogen and oxygen atoms in total. The predicted molar refractivity (Wildman–Crippen MR) is 89.7 cm³/mol. The minimum absolute atomic E-state index is 0. The molecule has 1 saturated carbocycles. The van der Waals surface area contributed by atoms with Gasteiger partial charge in [-0.25, -0.2) is 8.42 Å². The van der Waals surface area contributed by atoms with E-state index in [2.05, 4.69) is 0 Å². The summed E-state index contributed by atoms with van der Waals surface area (Å²) in [7, 11) is -0.543. The molecule has 3 atom stereocenters. The molecule has 130 valence electrons. The molecule has 1 aliphatic carbocycles. The Hall–Kier alpha value is -1.02. The van der Waals surface area contributed by atoms with E-state index < -0.39 is 10.0 Å². The molecule has 1 aliphatic heterocycles. The van der Waals surface area contributed by atoms with Crippen LogP contribution in [0.1, 0.15) is 12.8 Å². The Labute approximate surface area is 143 Å². The van der Waals surface area contributed by atoms with Crippen molar-refractivity contribution in [3.63, 3.8) is 0 Å². The number of halogens is 1. The van der Waals surface area contributed by atoms with E-state index in [0.717, 1.165) is 12.8 Å². The monoisotopic (exact) mass is 362 g/mol. The molecular formula is C15H23ClN2O4S. The molecule has 23 heavy (non-hydrogen) atoms. The lowest BCUT2D eigenvalue weighted by Gasteiger charge is -2.19. The number of benzene rings is 1. The van der Waals surface area contributed by atoms with E-state index in [4.69, 9.17) is 15.2 Å². The molecular weight excluding hydrogens is 340 g/mol. The highest BCUT2D eigenvalue weighted by Crippen LogP contribution is 2.40. The highest BCUT2D eigenvalue weighted by molar-refractivity contribution is 7.89. The first-order chi connectivity index (χ1) is 10.5. The number of rotatable bonds is 4. The van der Waals surface area contributed by atoms with Crippen LogP contribution < -0.4 is 15.2 Å². The Kier molecular flexibility index (Phi) is 5.45. The SMILES string of the molecule is COc1cc(OC)cc(S(=O)(=O)N2CC3CCC(N)C3C2)c1.Cl. The van der Waals surface area contributed by atoms with Gasteiger partial charge >= 0.3 is 0 Å². The summed E-state index contributed by atoms with van der Waals surface area (Å²) in [6.07, 6.45) is 2.01. The second kappa shape index (κ2) is 6.84. The highest BCUT2D eigenvalue weighted by Gasteiger charge is 2.45. The topological polar surface area (TPSA) is 81.9 Å². The van der Waals surface area contributed by atoms with Gasteiger partial charge in [0.05, 0.1) is 19.1 Å². The number of hydrogen-bond acceptors (Lipinski definition) is 5. The second-order valence-electron chi connectivity index (χ2n) is 6.04. The van der Waals surface area contributed by atoms with Crippen molar-refractivity contribution in [3.8, 4) is 11.5 Å². The maximum atomic E-state index is 12.9. The van der Waals surface area contributed by atoms with Crippen molar-refractivity contribution in [2.75, 3.05) is 27.3 Å². The number of fused-ring (bicyclic) bond motifs is 1. The molecule has 1 aromatic carbocycles. The van der Waals surface area contributed by atoms with Crippen molar-refractivity contribution in [2.24, 2.45) is 17.6 Å². The Bertz CT molecular complexity index is 645. The Morgan fingerprint density at radius 3 is 2.22 bits per heavy atom. The fourth-order valence-corrected chi connectivity index (χ4v) is 5.13. The molecule has 0 amide bonds. The normalized spacial score (nSPS) is 27.3. The van der Waals surface area contributed by atoms with Crippen molar-refractivity contribution >= 4 is 22.4 Å². The van der Waals surface area contributed by atoms with Gasteiger partial charge in [0.25, 0.3) is 0 Å². The summed E-state index contributed by atoms with van der Waals surface area (Å²) in [6, 6.07) is 4.84. The minimum Gasteiger partial charge on any atom is -0.497 e. The predicted octanol–water partition coefficient (Wildman–Crippen LogP) is 1.48. The first-order valence-electron chi connectivity index (χ1n) is 7.44. The van der Waals surface area contributed by atoms with Gasteiger partial charge in [0.2, 0.25) is 10.0 Å². The van der Waals surface area contributed by atoms with E-state index in [0.29, 0.717) is 30.5 Å². The van der Waals surface area contributed by atoms with Crippen LogP contribution in [0.25, 0.3) is 0 Å². The first-order valence-corrected chi connectivity index (χ1v) is 8.88. The lowest BCUT2D eigenvalue weighted by Crippen LogP contribution is -2.33. The number of hydrogen-bond donors (Lipinski definition) is 1. The lowest BCUT2D eigenvalue weighted by atomic mass is 9.98. The van der Waals surface area contributed by atoms with Crippen molar-refractivity contribution in [2.45, 2.75) is 23.8 Å². The first kappa shape index (κ1) is 18.3. The molecule has 3 rings (SSSR count). The van der Waals surface area contributed by atoms with Gasteiger partial charge < -0.3 is 15.2 Å². The zero-order valence-electron chi connectivity index (χ0n) is 13.3. The minimum atomic E-state index is -3.55. The van der Waals surface area contributed by atoms with Gasteiger partial charge in [0, 0.05) is 37.3 Å². The highest BCUT2D eigenvalue weighted by atomic mass is 35.5. The van der Waals surface area contributed by atoms with E-state index in [1.165, 1.54) is 26.4 Å². The molecule has 2 N–H and O–H groups in total. The number of nitrogens with zero attached hydrogens (tertiary/aromatic N) is 1. The summed E-state index contributed by atoms with van der Waals surface area (Å²) in [5.74, 6) is 1.60. The summed E-state index contributed by atoms with van der Waals surface area (Å²) in [6.45, 7) is 1.06. The standard InChI is InChI=1S/C15H22N2O4S.ClH/c1-20-11-5-12(21-2)7-13(6-11)22(18,19)17-8-10-3-4-15(16)14(10)9-17;/h5-7,10,14-15H,3-4,8-9,16H2,1-2H3;1H. The molecule has 3 unspecified atom stereocenters. The average Bonchev–Trinajstić information content (AvgIpc) is 3.09. The van der Waals surface area contributed by atoms with Crippen LogP contribution in [0.5, 0.6) is 11.5 Å². The summed E-state index contributed by atoms with van der Waals surface area (Å²) in [5.41, 5.74) is 6.09. The summed E-state index contributed by atoms with van der Waals surface area (Å²) in [5, 5.41) is 0. The molecule has 1 aromatic rings. The summed E-state index contributed by atoms with van der Waals surface area (Å²) in [4.78, 5) is 0.206. The van der Waals surface area contributed by atoms with Crippen molar-refractivity contribution in [1.82, 2.24) is 4.31 Å². The van der Waals surface area contributed by atoms with Crippen LogP contribution in [0, 0.1) is 11.8 Å². The number of ether oxygens (including phenoxy) is 2. The molecule has 1 saturated heterocycles. The molecule has 2 aliphatic rings. The third-order valence-corrected chi connectivity index (χ3v) is 6.65. The zero-order chi connectivity index (χ0) is 15.9. The Balaban J connectivity index is 0.00000192. The third kappa shape index (κ3) is 3.28. The average molecular weight is 363 g/mol. The summed E-state index contributed by atoms with van der Waals surface area (Å²) < 4.78 is 37.6. The fraction of sp³-hybridized carbons (Fsp3) is 0.600. The van der Waals surface area contributed by atoms with E-state index in [9.17, 15) is 8.42 Å². The van der Waals surface area contributed by atoms with Gasteiger partial charge in [-0.2, -0.15) is 4.31 Å². The van der Waals surface area contributed by atoms with Crippen LogP contribution in [-0.4, -0.2) is 46.1 Å². The number of sulfonamides is 1. The van der Waals surface area contributed by atoms with Crippen LogP contribution in [0.3, 0.4) is 0 Å². The van der Waals surface area contributed by atoms with E-state index in [1.54, 1.807) is 10.4 Å². The molecule has 1 heterocycles. The van der Waals surface area contributed by atoms with E-state index in [-0.39, 0.29) is 29.3 Å². The van der Waals surface area contributed by atoms with Crippen LogP contribution in [0.2, 0.25) is 0 Å². The maximum absolute atomic E-state index is 12.9. The van der Waals surface area contributed by atoms with Crippen molar-refractivity contribution in [3.05, 3.63) is 18.2 Å². The van der Waals surface area contributed by atoms with Crippen molar-refractivity contribution in [1.29, 1.82) is 0 Å². The van der Waals surface area contributed by atoms with Crippen LogP contribution in [0.4, 0.5) is 0 Å². The van der Waals surface area contributed by atoms with Crippen LogP contribution in [0.15, 0.2) is 23.1 Å². The molecule has 2 fully saturated rings. The fourth-order valence-electron chi connectivity index (χ4n) is 3.54. The molecule has 0 bridgehead atoms. The third-order valence-electron chi connectivity index (χ3n) is 4.84. The summed E-state index contributed by atoms with van der Waals surface area (Å²) >= 11 is 0. The number of nitrogens with two attached hydrogens (primary N) is 1. The van der Waals surface area contributed by atoms with Gasteiger partial charge in [-0.15, -0.1) is 12.4 Å². The van der Waals surface area contributed by atoms with Gasteiger partial charge in [0.1, 0.15) is 11.5 Å². The second-order valence-corrected chi connectivity index (χ2v) is 7.97. The zero-order valence-corrected chi connectivity index (χ0v) is 14.9. The van der Waals surface area contributed by atoms with E-state index >= 15 is 0 Å². The molecule has 8 heteroatoms. The smallest absolute Gasteiger partial charge is 0.243 e. The van der Waals surface area contributed by atoms with Crippen LogP contribution >= 0.6 is 12.4 Å². The largest absolute Gasteiger partial charge is 0.497 e. The Morgan fingerprint density at radius 1 is 1.09 bits per heavy atom. The van der Waals surface area contributed by atoms with Gasteiger partial charge in [0.15, 0.2) is 0 Å². The number of methoxy groups -OCH3 is 2. The van der Waals surface area contributed by atoms with Gasteiger partial charge in [-0.3, -0.25) is 0 Å². The Morgan fingerprint density at radius 2 is 1.70 bits per heavy atom. The molecule has 0 radical (unpaired) electrons. The van der Waals surface area contributed by atoms with Crippen LogP contribution in [-0.2, 0) is 10.0 Å². The van der Waals surface area contributed by atoms with Crippen molar-refractivity contribution < 1.29 is 17.9 Å². The quantitative estimate of drug-likeness (QED) is 0.877. The lowest BCUT2D eigenvalue weighted by molar-refractivity contribution is 0.390. The molecule has 0 aromatic heterocycles. The maximum Gasteiger partial charge on any atom is 0.243 e.